The number of hydrogen-bond acceptors (Lipinski definition) is 3. The van der Waals surface area contributed by atoms with E-state index in [2.05, 4.69) is 15.2 Å². The van der Waals surface area contributed by atoms with Crippen molar-refractivity contribution in [3.8, 4) is 22.7 Å². The van der Waals surface area contributed by atoms with Gasteiger partial charge in [0.15, 0.2) is 0 Å². The van der Waals surface area contributed by atoms with Crippen molar-refractivity contribution < 1.29 is 18.3 Å². The van der Waals surface area contributed by atoms with Crippen LogP contribution in [0.15, 0.2) is 85.1 Å². The Labute approximate surface area is 177 Å². The zero-order valence-corrected chi connectivity index (χ0v) is 16.6. The van der Waals surface area contributed by atoms with Crippen LogP contribution in [-0.2, 0) is 0 Å². The number of benzene rings is 3. The predicted molar refractivity (Wildman–Crippen MR) is 115 cm³/mol. The van der Waals surface area contributed by atoms with E-state index in [-0.39, 0.29) is 11.7 Å². The first-order valence-electron chi connectivity index (χ1n) is 9.58. The molecule has 0 spiro atoms. The molecule has 0 fully saturated rings. The number of alkyl halides is 2. The number of nitrogens with one attached hydrogen (secondary N) is 1. The fourth-order valence-corrected chi connectivity index (χ4v) is 3.10. The van der Waals surface area contributed by atoms with Gasteiger partial charge in [-0.05, 0) is 43.3 Å². The molecule has 0 aliphatic heterocycles. The summed E-state index contributed by atoms with van der Waals surface area (Å²) < 4.78 is 30.6. The van der Waals surface area contributed by atoms with E-state index < -0.39 is 6.61 Å². The summed E-state index contributed by atoms with van der Waals surface area (Å²) in [4.78, 5) is 13.1. The molecule has 0 radical (unpaired) electrons. The lowest BCUT2D eigenvalue weighted by atomic mass is 10.1. The number of amides is 1. The Kier molecular flexibility index (Phi) is 5.75. The molecule has 0 atom stereocenters. The Hall–Kier alpha value is -4.00. The van der Waals surface area contributed by atoms with Crippen molar-refractivity contribution in [3.05, 3.63) is 96.2 Å². The maximum atomic E-state index is 13.1. The molecule has 31 heavy (non-hydrogen) atoms. The number of nitrogens with zero attached hydrogens (tertiary/aromatic N) is 2. The molecule has 0 bridgehead atoms. The number of carbonyl (C=O) groups is 1. The van der Waals surface area contributed by atoms with Gasteiger partial charge in [0, 0.05) is 17.4 Å². The second kappa shape index (κ2) is 8.79. The zero-order chi connectivity index (χ0) is 21.8. The highest BCUT2D eigenvalue weighted by Gasteiger charge is 2.19. The first-order valence-corrected chi connectivity index (χ1v) is 9.58. The molecule has 156 valence electrons. The maximum absolute atomic E-state index is 13.1. The fraction of sp³-hybridized carbons (Fsp3) is 0.0833. The van der Waals surface area contributed by atoms with E-state index in [4.69, 9.17) is 0 Å². The van der Waals surface area contributed by atoms with Gasteiger partial charge in [0.25, 0.3) is 5.91 Å². The summed E-state index contributed by atoms with van der Waals surface area (Å²) in [5.74, 6) is -0.342. The summed E-state index contributed by atoms with van der Waals surface area (Å²) in [6.07, 6.45) is 1.67. The van der Waals surface area contributed by atoms with E-state index in [1.54, 1.807) is 10.9 Å². The molecule has 4 rings (SSSR count). The monoisotopic (exact) mass is 419 g/mol. The van der Waals surface area contributed by atoms with Crippen LogP contribution < -0.4 is 10.1 Å². The number of carbonyl (C=O) groups excluding carboxylic acids is 1. The minimum absolute atomic E-state index is 0.0187. The molecule has 0 saturated heterocycles. The van der Waals surface area contributed by atoms with Crippen molar-refractivity contribution in [2.45, 2.75) is 13.5 Å². The van der Waals surface area contributed by atoms with E-state index in [0.29, 0.717) is 16.9 Å². The molecule has 7 heteroatoms. The van der Waals surface area contributed by atoms with Crippen LogP contribution in [0.25, 0.3) is 16.9 Å². The summed E-state index contributed by atoms with van der Waals surface area (Å²) in [5.41, 5.74) is 4.12. The average molecular weight is 419 g/mol. The highest BCUT2D eigenvalue weighted by Crippen LogP contribution is 2.26. The van der Waals surface area contributed by atoms with Gasteiger partial charge in [0.05, 0.1) is 11.3 Å². The smallest absolute Gasteiger partial charge is 0.387 e. The highest BCUT2D eigenvalue weighted by molar-refractivity contribution is 6.08. The number of aryl methyl sites for hydroxylation is 1. The maximum Gasteiger partial charge on any atom is 0.387 e. The molecule has 0 saturated carbocycles. The second-order valence-corrected chi connectivity index (χ2v) is 6.89. The first kappa shape index (κ1) is 20.3. The summed E-state index contributed by atoms with van der Waals surface area (Å²) in [7, 11) is 0. The summed E-state index contributed by atoms with van der Waals surface area (Å²) in [5, 5.41) is 7.43. The number of anilines is 1. The topological polar surface area (TPSA) is 56.2 Å². The van der Waals surface area contributed by atoms with E-state index in [9.17, 15) is 13.6 Å². The fourth-order valence-electron chi connectivity index (χ4n) is 3.10. The molecule has 4 aromatic rings. The molecular formula is C24H19F2N3O2. The number of ether oxygens (including phenoxy) is 1. The van der Waals surface area contributed by atoms with Crippen LogP contribution in [0.3, 0.4) is 0 Å². The minimum atomic E-state index is -2.90. The Morgan fingerprint density at radius 1 is 0.968 bits per heavy atom. The third-order valence-corrected chi connectivity index (χ3v) is 4.64. The van der Waals surface area contributed by atoms with Crippen molar-refractivity contribution in [1.82, 2.24) is 9.78 Å². The molecule has 1 heterocycles. The number of rotatable bonds is 6. The van der Waals surface area contributed by atoms with Crippen molar-refractivity contribution in [3.63, 3.8) is 0 Å². The largest absolute Gasteiger partial charge is 0.435 e. The SMILES string of the molecule is Cc1ccc(-c2nn(-c3ccccc3)cc2C(=O)Nc2ccc(OC(F)F)cc2)cc1. The molecule has 3 aromatic carbocycles. The highest BCUT2D eigenvalue weighted by atomic mass is 19.3. The van der Waals surface area contributed by atoms with Gasteiger partial charge in [-0.3, -0.25) is 4.79 Å². The van der Waals surface area contributed by atoms with Crippen LogP contribution in [0.4, 0.5) is 14.5 Å². The van der Waals surface area contributed by atoms with Crippen LogP contribution in [0, 0.1) is 6.92 Å². The molecule has 1 aromatic heterocycles. The first-order chi connectivity index (χ1) is 15.0. The van der Waals surface area contributed by atoms with Gasteiger partial charge in [-0.15, -0.1) is 0 Å². The lowest BCUT2D eigenvalue weighted by Gasteiger charge is -2.08. The van der Waals surface area contributed by atoms with E-state index in [0.717, 1.165) is 16.8 Å². The van der Waals surface area contributed by atoms with Crippen molar-refractivity contribution >= 4 is 11.6 Å². The molecule has 1 N–H and O–H groups in total. The minimum Gasteiger partial charge on any atom is -0.435 e. The third kappa shape index (κ3) is 4.78. The number of hydrogen-bond donors (Lipinski definition) is 1. The van der Waals surface area contributed by atoms with Crippen molar-refractivity contribution in [2.24, 2.45) is 0 Å². The number of para-hydroxylation sites is 1. The van der Waals surface area contributed by atoms with Crippen LogP contribution in [-0.4, -0.2) is 22.3 Å². The molecule has 0 unspecified atom stereocenters. The third-order valence-electron chi connectivity index (χ3n) is 4.64. The zero-order valence-electron chi connectivity index (χ0n) is 16.6. The van der Waals surface area contributed by atoms with Crippen molar-refractivity contribution in [2.75, 3.05) is 5.32 Å². The van der Waals surface area contributed by atoms with Gasteiger partial charge < -0.3 is 10.1 Å². The Morgan fingerprint density at radius 2 is 1.65 bits per heavy atom. The quantitative estimate of drug-likeness (QED) is 0.436. The molecule has 0 aliphatic rings. The van der Waals surface area contributed by atoms with Crippen LogP contribution in [0.5, 0.6) is 5.75 Å². The lowest BCUT2D eigenvalue weighted by Crippen LogP contribution is -2.12. The van der Waals surface area contributed by atoms with Gasteiger partial charge >= 0.3 is 6.61 Å². The Balaban J connectivity index is 1.66. The van der Waals surface area contributed by atoms with E-state index in [1.807, 2.05) is 61.5 Å². The summed E-state index contributed by atoms with van der Waals surface area (Å²) in [6.45, 7) is -0.914. The number of halogens is 2. The standard InChI is InChI=1S/C24H19F2N3O2/c1-16-7-9-17(10-8-16)22-21(15-29(28-22)19-5-3-2-4-6-19)23(30)27-18-11-13-20(14-12-18)31-24(25)26/h2-15,24H,1H3,(H,27,30). The normalized spacial score (nSPS) is 10.8. The van der Waals surface area contributed by atoms with Crippen LogP contribution in [0.1, 0.15) is 15.9 Å². The van der Waals surface area contributed by atoms with Gasteiger partial charge in [-0.2, -0.15) is 13.9 Å². The average Bonchev–Trinajstić information content (AvgIpc) is 3.22. The second-order valence-electron chi connectivity index (χ2n) is 6.89. The van der Waals surface area contributed by atoms with Crippen LogP contribution >= 0.6 is 0 Å². The molecule has 1 amide bonds. The van der Waals surface area contributed by atoms with Gasteiger partial charge in [0.2, 0.25) is 0 Å². The van der Waals surface area contributed by atoms with Gasteiger partial charge in [-0.1, -0.05) is 48.0 Å². The van der Waals surface area contributed by atoms with Crippen LogP contribution in [0.2, 0.25) is 0 Å². The molecule has 5 nitrogen and oxygen atoms in total. The summed E-state index contributed by atoms with van der Waals surface area (Å²) >= 11 is 0. The Bertz CT molecular complexity index is 1170. The van der Waals surface area contributed by atoms with Gasteiger partial charge in [0.1, 0.15) is 11.4 Å². The van der Waals surface area contributed by atoms with E-state index >= 15 is 0 Å². The summed E-state index contributed by atoms with van der Waals surface area (Å²) in [6, 6.07) is 23.0. The lowest BCUT2D eigenvalue weighted by molar-refractivity contribution is -0.0498. The van der Waals surface area contributed by atoms with E-state index in [1.165, 1.54) is 24.3 Å². The number of aromatic nitrogens is 2. The van der Waals surface area contributed by atoms with Gasteiger partial charge in [-0.25, -0.2) is 4.68 Å². The molecule has 0 aliphatic carbocycles. The Morgan fingerprint density at radius 3 is 2.29 bits per heavy atom. The predicted octanol–water partition coefficient (Wildman–Crippen LogP) is 5.70. The van der Waals surface area contributed by atoms with Crippen molar-refractivity contribution in [1.29, 1.82) is 0 Å². The molecular weight excluding hydrogens is 400 g/mol.